The lowest BCUT2D eigenvalue weighted by Crippen LogP contribution is -2.83. The summed E-state index contributed by atoms with van der Waals surface area (Å²) in [6.07, 6.45) is -5.53. The number of nitrogens with two attached hydrogens (primary N) is 1. The highest BCUT2D eigenvalue weighted by Crippen LogP contribution is 2.03. The standard InChI is InChI=1S/C7H17NO5/c1-8-2-4(10)6(12)7(13)5(11)3-9/h4-13H,2-3H2,1H3/p+1/t4-,5-,6+,7-/m1/s1. The summed E-state index contributed by atoms with van der Waals surface area (Å²) < 4.78 is 0. The molecule has 4 atom stereocenters. The molecule has 0 heterocycles. The average molecular weight is 196 g/mol. The van der Waals surface area contributed by atoms with Crippen LogP contribution in [0.2, 0.25) is 0 Å². The molecule has 0 aromatic carbocycles. The zero-order valence-corrected chi connectivity index (χ0v) is 7.54. The van der Waals surface area contributed by atoms with E-state index in [9.17, 15) is 10.2 Å². The van der Waals surface area contributed by atoms with E-state index in [1.54, 1.807) is 12.4 Å². The molecule has 6 heteroatoms. The Morgan fingerprint density at radius 2 is 1.46 bits per heavy atom. The largest absolute Gasteiger partial charge is 0.394 e. The van der Waals surface area contributed by atoms with Crippen molar-refractivity contribution in [2.75, 3.05) is 20.2 Å². The Balaban J connectivity index is 3.99. The molecule has 0 aliphatic carbocycles. The third kappa shape index (κ3) is 3.99. The van der Waals surface area contributed by atoms with Gasteiger partial charge in [-0.05, 0) is 0 Å². The minimum atomic E-state index is -1.53. The van der Waals surface area contributed by atoms with E-state index >= 15 is 0 Å². The molecular formula is C7H18NO5+. The molecule has 0 bridgehead atoms. The smallest absolute Gasteiger partial charge is 0.131 e. The van der Waals surface area contributed by atoms with Crippen LogP contribution in [0.3, 0.4) is 0 Å². The molecule has 0 aliphatic rings. The van der Waals surface area contributed by atoms with Crippen molar-refractivity contribution in [3.8, 4) is 0 Å². The maximum absolute atomic E-state index is 9.23. The van der Waals surface area contributed by atoms with Crippen molar-refractivity contribution in [3.63, 3.8) is 0 Å². The number of likely N-dealkylation sites (N-methyl/N-ethyl adjacent to an activating group) is 1. The van der Waals surface area contributed by atoms with E-state index in [4.69, 9.17) is 15.3 Å². The summed E-state index contributed by atoms with van der Waals surface area (Å²) in [5.41, 5.74) is 0. The molecule has 0 aromatic rings. The minimum Gasteiger partial charge on any atom is -0.394 e. The van der Waals surface area contributed by atoms with Crippen LogP contribution in [0.1, 0.15) is 0 Å². The van der Waals surface area contributed by atoms with Crippen molar-refractivity contribution in [3.05, 3.63) is 0 Å². The molecule has 0 saturated carbocycles. The maximum atomic E-state index is 9.23. The normalized spacial score (nSPS) is 20.8. The van der Waals surface area contributed by atoms with Gasteiger partial charge in [-0.2, -0.15) is 0 Å². The topological polar surface area (TPSA) is 118 Å². The molecule has 6 nitrogen and oxygen atoms in total. The van der Waals surface area contributed by atoms with Gasteiger partial charge < -0.3 is 30.8 Å². The molecule has 0 saturated heterocycles. The van der Waals surface area contributed by atoms with Gasteiger partial charge in [0.25, 0.3) is 0 Å². The molecule has 0 spiro atoms. The highest BCUT2D eigenvalue weighted by Gasteiger charge is 2.30. The third-order valence-electron chi connectivity index (χ3n) is 1.80. The van der Waals surface area contributed by atoms with Gasteiger partial charge in [0, 0.05) is 0 Å². The van der Waals surface area contributed by atoms with Crippen LogP contribution in [0.4, 0.5) is 0 Å². The monoisotopic (exact) mass is 196 g/mol. The zero-order chi connectivity index (χ0) is 10.4. The van der Waals surface area contributed by atoms with Crippen LogP contribution in [0.25, 0.3) is 0 Å². The summed E-state index contributed by atoms with van der Waals surface area (Å²) >= 11 is 0. The highest BCUT2D eigenvalue weighted by molar-refractivity contribution is 4.79. The van der Waals surface area contributed by atoms with Crippen molar-refractivity contribution < 1.29 is 30.8 Å². The van der Waals surface area contributed by atoms with Gasteiger partial charge in [0.05, 0.1) is 13.7 Å². The Morgan fingerprint density at radius 3 is 1.85 bits per heavy atom. The van der Waals surface area contributed by atoms with E-state index in [0.29, 0.717) is 0 Å². The molecule has 0 amide bonds. The first kappa shape index (κ1) is 12.8. The maximum Gasteiger partial charge on any atom is 0.131 e. The highest BCUT2D eigenvalue weighted by atomic mass is 16.4. The van der Waals surface area contributed by atoms with Gasteiger partial charge in [-0.3, -0.25) is 0 Å². The van der Waals surface area contributed by atoms with E-state index in [-0.39, 0.29) is 6.54 Å². The molecule has 7 N–H and O–H groups in total. The molecule has 80 valence electrons. The number of hydrogen-bond acceptors (Lipinski definition) is 5. The Kier molecular flexibility index (Phi) is 6.13. The second-order valence-corrected chi connectivity index (χ2v) is 2.94. The van der Waals surface area contributed by atoms with Crippen LogP contribution in [-0.2, 0) is 0 Å². The van der Waals surface area contributed by atoms with Crippen LogP contribution in [0.5, 0.6) is 0 Å². The Labute approximate surface area is 76.4 Å². The summed E-state index contributed by atoms with van der Waals surface area (Å²) in [5.74, 6) is 0. The van der Waals surface area contributed by atoms with E-state index in [0.717, 1.165) is 0 Å². The second-order valence-electron chi connectivity index (χ2n) is 2.94. The van der Waals surface area contributed by atoms with Crippen molar-refractivity contribution in [2.24, 2.45) is 0 Å². The Bertz CT molecular complexity index is 134. The molecule has 13 heavy (non-hydrogen) atoms. The fraction of sp³-hybridized carbons (Fsp3) is 1.00. The van der Waals surface area contributed by atoms with Gasteiger partial charge in [-0.1, -0.05) is 0 Å². The molecule has 0 rings (SSSR count). The lowest BCUT2D eigenvalue weighted by atomic mass is 10.0. The molecule has 0 unspecified atom stereocenters. The summed E-state index contributed by atoms with van der Waals surface area (Å²) in [4.78, 5) is 0. The molecule has 0 aliphatic heterocycles. The van der Waals surface area contributed by atoms with E-state index < -0.39 is 31.0 Å². The predicted molar refractivity (Wildman–Crippen MR) is 43.8 cm³/mol. The van der Waals surface area contributed by atoms with Crippen molar-refractivity contribution in [1.29, 1.82) is 0 Å². The van der Waals surface area contributed by atoms with E-state index in [1.165, 1.54) is 0 Å². The van der Waals surface area contributed by atoms with Crippen LogP contribution in [0.15, 0.2) is 0 Å². The summed E-state index contributed by atoms with van der Waals surface area (Å²) in [7, 11) is 1.70. The summed E-state index contributed by atoms with van der Waals surface area (Å²) in [6, 6.07) is 0. The molecule has 0 radical (unpaired) electrons. The van der Waals surface area contributed by atoms with Gasteiger partial charge in [-0.15, -0.1) is 0 Å². The first-order valence-corrected chi connectivity index (χ1v) is 4.15. The third-order valence-corrected chi connectivity index (χ3v) is 1.80. The van der Waals surface area contributed by atoms with Crippen molar-refractivity contribution >= 4 is 0 Å². The van der Waals surface area contributed by atoms with Crippen LogP contribution < -0.4 is 5.32 Å². The van der Waals surface area contributed by atoms with Gasteiger partial charge >= 0.3 is 0 Å². The molecule has 0 aromatic heterocycles. The lowest BCUT2D eigenvalue weighted by molar-refractivity contribution is -0.635. The zero-order valence-electron chi connectivity index (χ0n) is 7.54. The van der Waals surface area contributed by atoms with Gasteiger partial charge in [-0.25, -0.2) is 0 Å². The quantitative estimate of drug-likeness (QED) is 0.256. The second kappa shape index (κ2) is 6.25. The van der Waals surface area contributed by atoms with Crippen LogP contribution in [-0.4, -0.2) is 70.1 Å². The van der Waals surface area contributed by atoms with Gasteiger partial charge in [0.1, 0.15) is 31.0 Å². The SMILES string of the molecule is C[NH2+]C[C@@H](O)[C@H](O)[C@H](O)[C@H](O)CO. The summed E-state index contributed by atoms with van der Waals surface area (Å²) in [6.45, 7) is -0.433. The number of quaternary nitrogens is 1. The number of aliphatic hydroxyl groups excluding tert-OH is 5. The molecule has 0 fully saturated rings. The fourth-order valence-corrected chi connectivity index (χ4v) is 0.944. The molecular weight excluding hydrogens is 178 g/mol. The Hall–Kier alpha value is -0.240. The lowest BCUT2D eigenvalue weighted by Gasteiger charge is -2.24. The van der Waals surface area contributed by atoms with Crippen molar-refractivity contribution in [2.45, 2.75) is 24.4 Å². The number of aliphatic hydroxyl groups is 5. The first-order chi connectivity index (χ1) is 6.04. The first-order valence-electron chi connectivity index (χ1n) is 4.15. The average Bonchev–Trinajstić information content (AvgIpc) is 2.14. The van der Waals surface area contributed by atoms with E-state index in [1.807, 2.05) is 0 Å². The number of rotatable bonds is 6. The van der Waals surface area contributed by atoms with E-state index in [2.05, 4.69) is 0 Å². The van der Waals surface area contributed by atoms with Gasteiger partial charge in [0.15, 0.2) is 0 Å². The van der Waals surface area contributed by atoms with Gasteiger partial charge in [0.2, 0.25) is 0 Å². The van der Waals surface area contributed by atoms with Crippen molar-refractivity contribution in [1.82, 2.24) is 0 Å². The van der Waals surface area contributed by atoms with Crippen LogP contribution >= 0.6 is 0 Å². The van der Waals surface area contributed by atoms with Crippen LogP contribution in [0, 0.1) is 0 Å². The number of hydrogen-bond donors (Lipinski definition) is 6. The predicted octanol–water partition coefficient (Wildman–Crippen LogP) is -4.38. The Morgan fingerprint density at radius 1 is 1.00 bits per heavy atom. The fourth-order valence-electron chi connectivity index (χ4n) is 0.944. The minimum absolute atomic E-state index is 0.219. The summed E-state index contributed by atoms with van der Waals surface area (Å²) in [5, 5.41) is 46.6.